The number of amides is 2. The van der Waals surface area contributed by atoms with E-state index in [9.17, 15) is 9.59 Å². The van der Waals surface area contributed by atoms with Gasteiger partial charge in [0.25, 0.3) is 5.91 Å². The zero-order valence-electron chi connectivity index (χ0n) is 14.9. The summed E-state index contributed by atoms with van der Waals surface area (Å²) in [6.07, 6.45) is 1.88. The molecule has 0 aliphatic carbocycles. The van der Waals surface area contributed by atoms with Crippen LogP contribution in [-0.4, -0.2) is 26.4 Å². The summed E-state index contributed by atoms with van der Waals surface area (Å²) in [6.45, 7) is 5.49. The second kappa shape index (κ2) is 7.35. The van der Waals surface area contributed by atoms with Crippen LogP contribution in [0.1, 0.15) is 43.0 Å². The summed E-state index contributed by atoms with van der Waals surface area (Å²) < 4.78 is 1.88. The van der Waals surface area contributed by atoms with Crippen LogP contribution in [0.2, 0.25) is 0 Å². The number of aromatic nitrogens is 3. The highest BCUT2D eigenvalue weighted by Crippen LogP contribution is 2.21. The minimum absolute atomic E-state index is 0.130. The minimum Gasteiger partial charge on any atom is -0.342 e. The van der Waals surface area contributed by atoms with Crippen molar-refractivity contribution in [3.63, 3.8) is 0 Å². The molecule has 0 unspecified atom stereocenters. The zero-order valence-corrected chi connectivity index (χ0v) is 14.9. The molecule has 7 nitrogen and oxygen atoms in total. The van der Waals surface area contributed by atoms with Crippen molar-refractivity contribution < 1.29 is 9.59 Å². The van der Waals surface area contributed by atoms with E-state index in [1.807, 2.05) is 42.6 Å². The second-order valence-corrected chi connectivity index (χ2v) is 6.44. The first-order chi connectivity index (χ1) is 12.5. The lowest BCUT2D eigenvalue weighted by atomic mass is 10.0. The van der Waals surface area contributed by atoms with E-state index in [0.29, 0.717) is 17.1 Å². The van der Waals surface area contributed by atoms with Crippen molar-refractivity contribution in [3.8, 4) is 0 Å². The van der Waals surface area contributed by atoms with Crippen LogP contribution in [-0.2, 0) is 4.79 Å². The normalized spacial score (nSPS) is 12.2. The van der Waals surface area contributed by atoms with Crippen molar-refractivity contribution in [2.45, 2.75) is 26.8 Å². The quantitative estimate of drug-likeness (QED) is 0.740. The van der Waals surface area contributed by atoms with Gasteiger partial charge in [-0.15, -0.1) is 10.2 Å². The number of hydrogen-bond acceptors (Lipinski definition) is 4. The van der Waals surface area contributed by atoms with E-state index < -0.39 is 0 Å². The highest BCUT2D eigenvalue weighted by molar-refractivity contribution is 5.95. The summed E-state index contributed by atoms with van der Waals surface area (Å²) in [5.74, 6) is 0.468. The smallest absolute Gasteiger partial charge is 0.251 e. The van der Waals surface area contributed by atoms with Crippen molar-refractivity contribution in [2.75, 3.05) is 5.32 Å². The van der Waals surface area contributed by atoms with Crippen LogP contribution in [0.4, 0.5) is 5.69 Å². The number of pyridine rings is 1. The lowest BCUT2D eigenvalue weighted by Gasteiger charge is -2.21. The van der Waals surface area contributed by atoms with Crippen LogP contribution >= 0.6 is 0 Å². The Bertz CT molecular complexity index is 931. The molecule has 2 aromatic heterocycles. The van der Waals surface area contributed by atoms with Crippen molar-refractivity contribution >= 4 is 23.1 Å². The average molecular weight is 351 g/mol. The molecule has 0 saturated heterocycles. The first-order valence-corrected chi connectivity index (χ1v) is 8.44. The Kier molecular flexibility index (Phi) is 4.97. The topological polar surface area (TPSA) is 88.4 Å². The minimum atomic E-state index is -0.282. The van der Waals surface area contributed by atoms with E-state index >= 15 is 0 Å². The number of nitrogens with zero attached hydrogens (tertiary/aromatic N) is 3. The van der Waals surface area contributed by atoms with Gasteiger partial charge in [0.1, 0.15) is 0 Å². The first-order valence-electron chi connectivity index (χ1n) is 8.44. The number of benzene rings is 1. The molecule has 2 amide bonds. The van der Waals surface area contributed by atoms with E-state index in [4.69, 9.17) is 0 Å². The van der Waals surface area contributed by atoms with Gasteiger partial charge in [-0.1, -0.05) is 19.9 Å². The molecule has 26 heavy (non-hydrogen) atoms. The van der Waals surface area contributed by atoms with Gasteiger partial charge < -0.3 is 10.6 Å². The highest BCUT2D eigenvalue weighted by atomic mass is 16.2. The fourth-order valence-electron chi connectivity index (χ4n) is 2.73. The third kappa shape index (κ3) is 3.72. The number of hydrogen-bond donors (Lipinski definition) is 2. The third-order valence-corrected chi connectivity index (χ3v) is 4.04. The predicted octanol–water partition coefficient (Wildman–Crippen LogP) is 2.81. The number of fused-ring (bicyclic) bond motifs is 1. The molecular weight excluding hydrogens is 330 g/mol. The molecular formula is C19H21N5O2. The fraction of sp³-hybridized carbons (Fsp3) is 0.263. The number of rotatable bonds is 5. The molecule has 0 radical (unpaired) electrons. The zero-order chi connectivity index (χ0) is 18.7. The molecule has 3 rings (SSSR count). The van der Waals surface area contributed by atoms with E-state index in [2.05, 4.69) is 20.8 Å². The maximum atomic E-state index is 12.7. The monoisotopic (exact) mass is 351 g/mol. The number of carbonyl (C=O) groups excluding carboxylic acids is 2. The Hall–Kier alpha value is -3.22. The van der Waals surface area contributed by atoms with Gasteiger partial charge in [-0.25, -0.2) is 0 Å². The van der Waals surface area contributed by atoms with Gasteiger partial charge in [-0.2, -0.15) is 0 Å². The molecule has 134 valence electrons. The fourth-order valence-corrected chi connectivity index (χ4v) is 2.73. The van der Waals surface area contributed by atoms with Crippen LogP contribution in [0.15, 0.2) is 48.7 Å². The Morgan fingerprint density at radius 1 is 1.04 bits per heavy atom. The lowest BCUT2D eigenvalue weighted by molar-refractivity contribution is -0.114. The molecule has 1 aromatic carbocycles. The van der Waals surface area contributed by atoms with Crippen molar-refractivity contribution in [3.05, 3.63) is 60.0 Å². The molecule has 0 aliphatic heterocycles. The maximum absolute atomic E-state index is 12.7. The number of anilines is 1. The number of carbonyl (C=O) groups is 2. The number of nitrogens with one attached hydrogen (secondary N) is 2. The van der Waals surface area contributed by atoms with E-state index in [1.165, 1.54) is 6.92 Å². The lowest BCUT2D eigenvalue weighted by Crippen LogP contribution is -2.33. The van der Waals surface area contributed by atoms with Gasteiger partial charge in [0, 0.05) is 24.4 Å². The predicted molar refractivity (Wildman–Crippen MR) is 98.8 cm³/mol. The van der Waals surface area contributed by atoms with E-state index in [0.717, 1.165) is 5.65 Å². The van der Waals surface area contributed by atoms with Gasteiger partial charge in [-0.05, 0) is 42.3 Å². The summed E-state index contributed by atoms with van der Waals surface area (Å²) in [5.41, 5.74) is 1.90. The van der Waals surface area contributed by atoms with E-state index in [1.54, 1.807) is 24.3 Å². The molecule has 0 saturated carbocycles. The SMILES string of the molecule is CC(=O)Nc1ccc(C(=O)N[C@H](c2nnc3ccccn23)C(C)C)cc1. The van der Waals surface area contributed by atoms with Crippen molar-refractivity contribution in [1.82, 2.24) is 19.9 Å². The summed E-state index contributed by atoms with van der Waals surface area (Å²) in [7, 11) is 0. The van der Waals surface area contributed by atoms with Gasteiger partial charge in [0.2, 0.25) is 5.91 Å². The Morgan fingerprint density at radius 2 is 1.77 bits per heavy atom. The third-order valence-electron chi connectivity index (χ3n) is 4.04. The Balaban J connectivity index is 1.82. The molecule has 0 spiro atoms. The van der Waals surface area contributed by atoms with Crippen LogP contribution in [0, 0.1) is 5.92 Å². The van der Waals surface area contributed by atoms with Gasteiger partial charge in [-0.3, -0.25) is 14.0 Å². The van der Waals surface area contributed by atoms with E-state index in [-0.39, 0.29) is 23.8 Å². The van der Waals surface area contributed by atoms with Crippen molar-refractivity contribution in [1.29, 1.82) is 0 Å². The molecule has 7 heteroatoms. The van der Waals surface area contributed by atoms with Crippen LogP contribution < -0.4 is 10.6 Å². The van der Waals surface area contributed by atoms with Crippen LogP contribution in [0.5, 0.6) is 0 Å². The van der Waals surface area contributed by atoms with Gasteiger partial charge in [0.05, 0.1) is 6.04 Å². The van der Waals surface area contributed by atoms with Gasteiger partial charge in [0.15, 0.2) is 11.5 Å². The molecule has 1 atom stereocenters. The molecule has 2 heterocycles. The largest absolute Gasteiger partial charge is 0.342 e. The molecule has 2 N–H and O–H groups in total. The summed E-state index contributed by atoms with van der Waals surface area (Å²) in [4.78, 5) is 23.8. The highest BCUT2D eigenvalue weighted by Gasteiger charge is 2.24. The van der Waals surface area contributed by atoms with Gasteiger partial charge >= 0.3 is 0 Å². The summed E-state index contributed by atoms with van der Waals surface area (Å²) >= 11 is 0. The molecule has 0 aliphatic rings. The first kappa shape index (κ1) is 17.6. The summed E-state index contributed by atoms with van der Waals surface area (Å²) in [6, 6.07) is 12.2. The molecule has 3 aromatic rings. The summed E-state index contributed by atoms with van der Waals surface area (Å²) in [5, 5.41) is 14.1. The Labute approximate surface area is 151 Å². The molecule has 0 fully saturated rings. The second-order valence-electron chi connectivity index (χ2n) is 6.44. The van der Waals surface area contributed by atoms with Crippen LogP contribution in [0.3, 0.4) is 0 Å². The maximum Gasteiger partial charge on any atom is 0.251 e. The molecule has 0 bridgehead atoms. The van der Waals surface area contributed by atoms with Crippen LogP contribution in [0.25, 0.3) is 5.65 Å². The standard InChI is InChI=1S/C19H21N5O2/c1-12(2)17(18-23-22-16-6-4-5-11-24(16)18)21-19(26)14-7-9-15(10-8-14)20-13(3)25/h4-12,17H,1-3H3,(H,20,25)(H,21,26)/t17-/m0/s1. The Morgan fingerprint density at radius 3 is 2.42 bits per heavy atom. The van der Waals surface area contributed by atoms with Crippen molar-refractivity contribution in [2.24, 2.45) is 5.92 Å². The average Bonchev–Trinajstić information content (AvgIpc) is 3.03.